The Kier molecular flexibility index (Phi) is 1.67. The van der Waals surface area contributed by atoms with Gasteiger partial charge in [-0.15, -0.1) is 0 Å². The molecule has 2 rings (SSSR count). The molecule has 0 aliphatic rings. The summed E-state index contributed by atoms with van der Waals surface area (Å²) in [7, 11) is 1.67. The molecule has 0 bridgehead atoms. The number of rotatable bonds is 1. The minimum absolute atomic E-state index is 0.891. The number of pyridine rings is 1. The van der Waals surface area contributed by atoms with Crippen LogP contribution < -0.4 is 9.72 Å². The number of hydrogen-bond donors (Lipinski definition) is 0. The van der Waals surface area contributed by atoms with Gasteiger partial charge in [0.15, 0.2) is 12.4 Å². The fourth-order valence-corrected chi connectivity index (χ4v) is 1.23. The molecule has 60 valence electrons. The summed E-state index contributed by atoms with van der Waals surface area (Å²) in [6.07, 6.45) is 3.87. The molecular formula is C10H10NO+. The van der Waals surface area contributed by atoms with Gasteiger partial charge in [-0.05, 0) is 17.5 Å². The number of aromatic nitrogens is 1. The van der Waals surface area contributed by atoms with Crippen molar-refractivity contribution in [3.05, 3.63) is 36.7 Å². The van der Waals surface area contributed by atoms with Crippen molar-refractivity contribution in [1.82, 2.24) is 0 Å². The molecule has 0 atom stereocenters. The number of ether oxygens (including phenoxy) is 1. The summed E-state index contributed by atoms with van der Waals surface area (Å²) >= 11 is 0. The summed E-state index contributed by atoms with van der Waals surface area (Å²) in [4.78, 5) is 3.03. The Labute approximate surface area is 70.8 Å². The quantitative estimate of drug-likeness (QED) is 0.622. The van der Waals surface area contributed by atoms with E-state index in [9.17, 15) is 0 Å². The number of nitrogens with one attached hydrogen (secondary N) is 1. The predicted molar refractivity (Wildman–Crippen MR) is 47.1 cm³/mol. The average molecular weight is 160 g/mol. The van der Waals surface area contributed by atoms with Crippen LogP contribution in [0.5, 0.6) is 5.75 Å². The van der Waals surface area contributed by atoms with E-state index >= 15 is 0 Å². The van der Waals surface area contributed by atoms with Crippen LogP contribution in [-0.2, 0) is 0 Å². The van der Waals surface area contributed by atoms with E-state index in [1.807, 2.05) is 36.7 Å². The maximum absolute atomic E-state index is 5.11. The van der Waals surface area contributed by atoms with E-state index in [1.54, 1.807) is 7.11 Å². The standard InChI is InChI=1S/C10H9NO/c1-12-10-3-2-8-4-5-11-7-9(8)6-10/h2-7H,1H3/p+1. The summed E-state index contributed by atoms with van der Waals surface area (Å²) in [5, 5.41) is 2.38. The predicted octanol–water partition coefficient (Wildman–Crippen LogP) is 1.66. The highest BCUT2D eigenvalue weighted by Crippen LogP contribution is 2.18. The van der Waals surface area contributed by atoms with E-state index in [0.29, 0.717) is 0 Å². The van der Waals surface area contributed by atoms with E-state index in [4.69, 9.17) is 4.74 Å². The fourth-order valence-electron chi connectivity index (χ4n) is 1.23. The van der Waals surface area contributed by atoms with Gasteiger partial charge in [-0.2, -0.15) is 0 Å². The van der Waals surface area contributed by atoms with Gasteiger partial charge in [-0.1, -0.05) is 6.07 Å². The van der Waals surface area contributed by atoms with Crippen molar-refractivity contribution in [1.29, 1.82) is 0 Å². The van der Waals surface area contributed by atoms with Gasteiger partial charge in [0, 0.05) is 11.5 Å². The molecule has 1 heterocycles. The van der Waals surface area contributed by atoms with Gasteiger partial charge in [0.25, 0.3) is 0 Å². The van der Waals surface area contributed by atoms with Crippen LogP contribution in [0.25, 0.3) is 10.8 Å². The van der Waals surface area contributed by atoms with E-state index in [-0.39, 0.29) is 0 Å². The number of methoxy groups -OCH3 is 1. The highest BCUT2D eigenvalue weighted by molar-refractivity contribution is 5.82. The summed E-state index contributed by atoms with van der Waals surface area (Å²) in [6.45, 7) is 0. The van der Waals surface area contributed by atoms with E-state index in [2.05, 4.69) is 4.98 Å². The van der Waals surface area contributed by atoms with E-state index in [0.717, 1.165) is 11.1 Å². The monoisotopic (exact) mass is 160 g/mol. The molecule has 1 N–H and O–H groups in total. The minimum atomic E-state index is 0.891. The largest absolute Gasteiger partial charge is 0.497 e. The zero-order valence-electron chi connectivity index (χ0n) is 6.87. The normalized spacial score (nSPS) is 10.1. The molecule has 1 aromatic heterocycles. The summed E-state index contributed by atoms with van der Waals surface area (Å²) in [6, 6.07) is 8.05. The molecule has 0 saturated heterocycles. The van der Waals surface area contributed by atoms with Crippen LogP contribution >= 0.6 is 0 Å². The molecule has 0 radical (unpaired) electrons. The Balaban J connectivity index is 2.67. The zero-order valence-corrected chi connectivity index (χ0v) is 6.87. The Bertz CT molecular complexity index is 398. The molecule has 0 aliphatic carbocycles. The van der Waals surface area contributed by atoms with Crippen LogP contribution in [0.15, 0.2) is 36.7 Å². The second-order valence-corrected chi connectivity index (χ2v) is 2.64. The smallest absolute Gasteiger partial charge is 0.175 e. The first-order valence-corrected chi connectivity index (χ1v) is 3.84. The van der Waals surface area contributed by atoms with Gasteiger partial charge >= 0.3 is 0 Å². The van der Waals surface area contributed by atoms with Crippen molar-refractivity contribution in [3.63, 3.8) is 0 Å². The van der Waals surface area contributed by atoms with Crippen molar-refractivity contribution in [2.45, 2.75) is 0 Å². The maximum Gasteiger partial charge on any atom is 0.175 e. The van der Waals surface area contributed by atoms with Gasteiger partial charge < -0.3 is 4.74 Å². The number of hydrogen-bond acceptors (Lipinski definition) is 1. The molecule has 0 amide bonds. The minimum Gasteiger partial charge on any atom is -0.497 e. The van der Waals surface area contributed by atoms with Gasteiger partial charge in [0.2, 0.25) is 0 Å². The molecule has 2 aromatic rings. The van der Waals surface area contributed by atoms with Gasteiger partial charge in [-0.25, -0.2) is 4.98 Å². The zero-order chi connectivity index (χ0) is 8.39. The van der Waals surface area contributed by atoms with Crippen molar-refractivity contribution in [3.8, 4) is 5.75 Å². The van der Waals surface area contributed by atoms with Gasteiger partial charge in [0.05, 0.1) is 7.11 Å². The summed E-state index contributed by atoms with van der Waals surface area (Å²) in [5.74, 6) is 0.891. The summed E-state index contributed by atoms with van der Waals surface area (Å²) < 4.78 is 5.11. The fraction of sp³-hybridized carbons (Fsp3) is 0.100. The summed E-state index contributed by atoms with van der Waals surface area (Å²) in [5.41, 5.74) is 0. The first kappa shape index (κ1) is 7.10. The Morgan fingerprint density at radius 2 is 2.08 bits per heavy atom. The van der Waals surface area contributed by atoms with Gasteiger partial charge in [-0.3, -0.25) is 0 Å². The third kappa shape index (κ3) is 1.11. The van der Waals surface area contributed by atoms with Crippen LogP contribution in [-0.4, -0.2) is 7.11 Å². The second-order valence-electron chi connectivity index (χ2n) is 2.64. The number of benzene rings is 1. The van der Waals surface area contributed by atoms with Crippen LogP contribution in [0.1, 0.15) is 0 Å². The van der Waals surface area contributed by atoms with Crippen LogP contribution in [0.4, 0.5) is 0 Å². The van der Waals surface area contributed by atoms with E-state index < -0.39 is 0 Å². The lowest BCUT2D eigenvalue weighted by atomic mass is 10.2. The molecule has 12 heavy (non-hydrogen) atoms. The van der Waals surface area contributed by atoms with Crippen molar-refractivity contribution >= 4 is 10.8 Å². The molecule has 0 spiro atoms. The van der Waals surface area contributed by atoms with Crippen LogP contribution in [0.3, 0.4) is 0 Å². The van der Waals surface area contributed by atoms with Crippen LogP contribution in [0, 0.1) is 0 Å². The lowest BCUT2D eigenvalue weighted by molar-refractivity contribution is -0.375. The molecule has 2 heteroatoms. The number of H-pyrrole nitrogens is 1. The van der Waals surface area contributed by atoms with Crippen molar-refractivity contribution < 1.29 is 9.72 Å². The molecule has 0 aliphatic heterocycles. The highest BCUT2D eigenvalue weighted by atomic mass is 16.5. The lowest BCUT2D eigenvalue weighted by Crippen LogP contribution is -1.97. The number of fused-ring (bicyclic) bond motifs is 1. The van der Waals surface area contributed by atoms with Crippen molar-refractivity contribution in [2.24, 2.45) is 0 Å². The molecule has 2 nitrogen and oxygen atoms in total. The average Bonchev–Trinajstić information content (AvgIpc) is 2.17. The van der Waals surface area contributed by atoms with E-state index in [1.165, 1.54) is 5.39 Å². The first-order chi connectivity index (χ1) is 5.90. The first-order valence-electron chi connectivity index (χ1n) is 3.84. The molecule has 1 aromatic carbocycles. The molecule has 0 fully saturated rings. The SMILES string of the molecule is COc1ccc2cc[nH+]cc2c1. The van der Waals surface area contributed by atoms with Gasteiger partial charge in [0.1, 0.15) is 5.75 Å². The second kappa shape index (κ2) is 2.81. The third-order valence-corrected chi connectivity index (χ3v) is 1.89. The molecular weight excluding hydrogens is 150 g/mol. The maximum atomic E-state index is 5.11. The Morgan fingerprint density at radius 3 is 2.92 bits per heavy atom. The van der Waals surface area contributed by atoms with Crippen LogP contribution in [0.2, 0.25) is 0 Å². The number of aromatic amines is 1. The molecule has 0 unspecified atom stereocenters. The Hall–Kier alpha value is -1.57. The third-order valence-electron chi connectivity index (χ3n) is 1.89. The molecule has 0 saturated carbocycles. The Morgan fingerprint density at radius 1 is 1.17 bits per heavy atom. The lowest BCUT2D eigenvalue weighted by Gasteiger charge is -1.98. The highest BCUT2D eigenvalue weighted by Gasteiger charge is 1.96. The van der Waals surface area contributed by atoms with Crippen molar-refractivity contribution in [2.75, 3.05) is 7.11 Å². The topological polar surface area (TPSA) is 23.4 Å².